The van der Waals surface area contributed by atoms with Crippen LogP contribution in [0.5, 0.6) is 0 Å². The van der Waals surface area contributed by atoms with Crippen molar-refractivity contribution in [2.75, 3.05) is 13.1 Å². The van der Waals surface area contributed by atoms with Gasteiger partial charge in [0.25, 0.3) is 0 Å². The van der Waals surface area contributed by atoms with Gasteiger partial charge in [-0.05, 0) is 26.8 Å². The monoisotopic (exact) mass is 185 g/mol. The second-order valence-corrected chi connectivity index (χ2v) is 3.31. The molecule has 1 aliphatic rings. The van der Waals surface area contributed by atoms with Crippen molar-refractivity contribution in [3.8, 4) is 0 Å². The third kappa shape index (κ3) is 2.73. The van der Waals surface area contributed by atoms with Crippen LogP contribution < -0.4 is 5.32 Å². The summed E-state index contributed by atoms with van der Waals surface area (Å²) in [6.07, 6.45) is 0.403. The van der Waals surface area contributed by atoms with Gasteiger partial charge in [-0.2, -0.15) is 0 Å². The first kappa shape index (κ1) is 10.1. The molecule has 0 unspecified atom stereocenters. The Morgan fingerprint density at radius 2 is 2.31 bits per heavy atom. The lowest BCUT2D eigenvalue weighted by Gasteiger charge is -2.17. The highest BCUT2D eigenvalue weighted by Gasteiger charge is 2.20. The van der Waals surface area contributed by atoms with Crippen LogP contribution in [-0.4, -0.2) is 30.3 Å². The van der Waals surface area contributed by atoms with Crippen LogP contribution in [-0.2, 0) is 9.53 Å². The van der Waals surface area contributed by atoms with Crippen molar-refractivity contribution in [2.24, 2.45) is 0 Å². The van der Waals surface area contributed by atoms with Crippen LogP contribution in [0.4, 0.5) is 0 Å². The Kier molecular flexibility index (Phi) is 3.31. The largest absolute Gasteiger partial charge is 0.510 e. The zero-order valence-electron chi connectivity index (χ0n) is 7.96. The number of nitrogens with one attached hydrogen (secondary N) is 1. The van der Waals surface area contributed by atoms with Crippen molar-refractivity contribution >= 4 is 5.97 Å². The highest BCUT2D eigenvalue weighted by atomic mass is 16.5. The fraction of sp³-hybridized carbons (Fsp3) is 0.667. The van der Waals surface area contributed by atoms with Crippen molar-refractivity contribution in [1.29, 1.82) is 0 Å². The first-order valence-corrected chi connectivity index (χ1v) is 4.44. The van der Waals surface area contributed by atoms with Crippen LogP contribution >= 0.6 is 0 Å². The third-order valence-electron chi connectivity index (χ3n) is 1.78. The Morgan fingerprint density at radius 3 is 2.85 bits per heavy atom. The number of rotatable bonds is 2. The molecule has 13 heavy (non-hydrogen) atoms. The van der Waals surface area contributed by atoms with E-state index < -0.39 is 5.97 Å². The standard InChI is InChI=1S/C9H15NO3/c1-6(2)13-9(12)7-3-4-10-5-8(7)11/h6,10-11H,3-5H2,1-2H3. The summed E-state index contributed by atoms with van der Waals surface area (Å²) < 4.78 is 4.98. The molecular weight excluding hydrogens is 170 g/mol. The van der Waals surface area contributed by atoms with Gasteiger partial charge in [0.2, 0.25) is 0 Å². The van der Waals surface area contributed by atoms with Gasteiger partial charge >= 0.3 is 5.97 Å². The Balaban J connectivity index is 2.64. The van der Waals surface area contributed by atoms with Gasteiger partial charge in [-0.25, -0.2) is 4.79 Å². The molecule has 0 bridgehead atoms. The predicted molar refractivity (Wildman–Crippen MR) is 48.4 cm³/mol. The number of carbonyl (C=O) groups is 1. The van der Waals surface area contributed by atoms with E-state index in [2.05, 4.69) is 5.32 Å². The SMILES string of the molecule is CC(C)OC(=O)C1=C(O)CNCC1. The van der Waals surface area contributed by atoms with Crippen LogP contribution in [0.15, 0.2) is 11.3 Å². The number of carbonyl (C=O) groups excluding carboxylic acids is 1. The lowest BCUT2D eigenvalue weighted by atomic mass is 10.1. The molecule has 0 aliphatic carbocycles. The molecule has 0 atom stereocenters. The molecule has 0 spiro atoms. The first-order valence-electron chi connectivity index (χ1n) is 4.44. The minimum atomic E-state index is -0.394. The quantitative estimate of drug-likeness (QED) is 0.623. The molecular formula is C9H15NO3. The Labute approximate surface area is 77.6 Å². The van der Waals surface area contributed by atoms with Gasteiger partial charge in [0, 0.05) is 0 Å². The lowest BCUT2D eigenvalue weighted by Crippen LogP contribution is -2.29. The normalized spacial score (nSPS) is 17.8. The van der Waals surface area contributed by atoms with Crippen molar-refractivity contribution in [2.45, 2.75) is 26.4 Å². The number of aliphatic hydroxyl groups excluding tert-OH is 1. The summed E-state index contributed by atoms with van der Waals surface area (Å²) in [4.78, 5) is 11.4. The zero-order chi connectivity index (χ0) is 9.84. The molecule has 4 heteroatoms. The molecule has 0 saturated carbocycles. The molecule has 4 nitrogen and oxygen atoms in total. The third-order valence-corrected chi connectivity index (χ3v) is 1.78. The fourth-order valence-electron chi connectivity index (χ4n) is 1.18. The highest BCUT2D eigenvalue weighted by molar-refractivity contribution is 5.89. The average molecular weight is 185 g/mol. The first-order chi connectivity index (χ1) is 6.11. The number of hydrogen-bond donors (Lipinski definition) is 2. The van der Waals surface area contributed by atoms with E-state index in [0.29, 0.717) is 25.1 Å². The summed E-state index contributed by atoms with van der Waals surface area (Å²) in [6.45, 7) is 4.66. The minimum Gasteiger partial charge on any atom is -0.510 e. The highest BCUT2D eigenvalue weighted by Crippen LogP contribution is 2.12. The second kappa shape index (κ2) is 4.28. The fourth-order valence-corrected chi connectivity index (χ4v) is 1.18. The molecule has 0 aromatic heterocycles. The number of ether oxygens (including phenoxy) is 1. The predicted octanol–water partition coefficient (Wildman–Crippen LogP) is 0.743. The molecule has 0 amide bonds. The Bertz CT molecular complexity index is 233. The van der Waals surface area contributed by atoms with Crippen LogP contribution in [0.3, 0.4) is 0 Å². The molecule has 0 aromatic carbocycles. The summed E-state index contributed by atoms with van der Waals surface area (Å²) in [5.41, 5.74) is 0.410. The van der Waals surface area contributed by atoms with E-state index in [-0.39, 0.29) is 11.9 Å². The van der Waals surface area contributed by atoms with Crippen LogP contribution in [0, 0.1) is 0 Å². The number of esters is 1. The summed E-state index contributed by atoms with van der Waals surface area (Å²) in [6, 6.07) is 0. The molecule has 74 valence electrons. The average Bonchev–Trinajstić information content (AvgIpc) is 2.03. The van der Waals surface area contributed by atoms with E-state index in [1.807, 2.05) is 0 Å². The van der Waals surface area contributed by atoms with E-state index in [1.54, 1.807) is 13.8 Å². The van der Waals surface area contributed by atoms with Crippen molar-refractivity contribution < 1.29 is 14.6 Å². The zero-order valence-corrected chi connectivity index (χ0v) is 7.96. The maximum Gasteiger partial charge on any atom is 0.337 e. The van der Waals surface area contributed by atoms with Crippen LogP contribution in [0.2, 0.25) is 0 Å². The van der Waals surface area contributed by atoms with Crippen molar-refractivity contribution in [1.82, 2.24) is 5.32 Å². The van der Waals surface area contributed by atoms with Gasteiger partial charge in [-0.15, -0.1) is 0 Å². The van der Waals surface area contributed by atoms with Gasteiger partial charge in [0.15, 0.2) is 0 Å². The summed E-state index contributed by atoms with van der Waals surface area (Å²) in [5.74, 6) is -0.286. The molecule has 1 rings (SSSR count). The molecule has 1 aliphatic heterocycles. The van der Waals surface area contributed by atoms with Crippen LogP contribution in [0.1, 0.15) is 20.3 Å². The molecule has 0 saturated heterocycles. The molecule has 0 aromatic rings. The van der Waals surface area contributed by atoms with E-state index >= 15 is 0 Å². The lowest BCUT2D eigenvalue weighted by molar-refractivity contribution is -0.143. The maximum atomic E-state index is 11.4. The van der Waals surface area contributed by atoms with Crippen molar-refractivity contribution in [3.63, 3.8) is 0 Å². The summed E-state index contributed by atoms with van der Waals surface area (Å²) in [5, 5.41) is 12.3. The summed E-state index contributed by atoms with van der Waals surface area (Å²) >= 11 is 0. The van der Waals surface area contributed by atoms with Crippen molar-refractivity contribution in [3.05, 3.63) is 11.3 Å². The van der Waals surface area contributed by atoms with E-state index in [0.717, 1.165) is 0 Å². The topological polar surface area (TPSA) is 58.6 Å². The van der Waals surface area contributed by atoms with Gasteiger partial charge in [0.1, 0.15) is 5.76 Å². The molecule has 1 heterocycles. The van der Waals surface area contributed by atoms with E-state index in [1.165, 1.54) is 0 Å². The van der Waals surface area contributed by atoms with E-state index in [9.17, 15) is 9.90 Å². The van der Waals surface area contributed by atoms with Gasteiger partial charge in [0.05, 0.1) is 18.2 Å². The summed E-state index contributed by atoms with van der Waals surface area (Å²) in [7, 11) is 0. The van der Waals surface area contributed by atoms with Gasteiger partial charge in [-0.1, -0.05) is 0 Å². The Morgan fingerprint density at radius 1 is 1.62 bits per heavy atom. The number of hydrogen-bond acceptors (Lipinski definition) is 4. The van der Waals surface area contributed by atoms with E-state index in [4.69, 9.17) is 4.74 Å². The molecule has 0 radical (unpaired) electrons. The smallest absolute Gasteiger partial charge is 0.337 e. The van der Waals surface area contributed by atoms with Crippen LogP contribution in [0.25, 0.3) is 0 Å². The van der Waals surface area contributed by atoms with Gasteiger partial charge in [-0.3, -0.25) is 0 Å². The Hall–Kier alpha value is -1.03. The second-order valence-electron chi connectivity index (χ2n) is 3.31. The maximum absolute atomic E-state index is 11.4. The molecule has 2 N–H and O–H groups in total. The number of aliphatic hydroxyl groups is 1. The minimum absolute atomic E-state index is 0.108. The van der Waals surface area contributed by atoms with Gasteiger partial charge < -0.3 is 15.2 Å². The molecule has 0 fully saturated rings.